The van der Waals surface area contributed by atoms with Crippen LogP contribution in [0.2, 0.25) is 0 Å². The summed E-state index contributed by atoms with van der Waals surface area (Å²) in [5.41, 5.74) is 1.19. The molecule has 5 nitrogen and oxygen atoms in total. The van der Waals surface area contributed by atoms with Crippen LogP contribution in [-0.2, 0) is 6.54 Å². The van der Waals surface area contributed by atoms with E-state index in [1.807, 2.05) is 12.3 Å². The molecule has 0 amide bonds. The van der Waals surface area contributed by atoms with Crippen LogP contribution in [0.5, 0.6) is 0 Å². The van der Waals surface area contributed by atoms with Crippen molar-refractivity contribution >= 4 is 11.8 Å². The largest absolute Gasteiger partial charge is 0.313 e. The number of H-pyrrole nitrogens is 1. The first-order chi connectivity index (χ1) is 8.38. The number of hydrogen-bond donors (Lipinski definition) is 2. The van der Waals surface area contributed by atoms with Crippen molar-refractivity contribution in [1.82, 2.24) is 25.5 Å². The Balaban J connectivity index is 1.89. The fraction of sp³-hybridized carbons (Fsp3) is 0.364. The van der Waals surface area contributed by atoms with Crippen LogP contribution in [0.15, 0.2) is 34.8 Å². The number of pyridine rings is 1. The minimum atomic E-state index is 0.759. The van der Waals surface area contributed by atoms with Crippen molar-refractivity contribution in [2.75, 3.05) is 6.54 Å². The van der Waals surface area contributed by atoms with Gasteiger partial charge >= 0.3 is 0 Å². The molecule has 0 spiro atoms. The van der Waals surface area contributed by atoms with Crippen LogP contribution in [0.1, 0.15) is 18.9 Å². The number of hydrogen-bond acceptors (Lipinski definition) is 5. The quantitative estimate of drug-likeness (QED) is 0.765. The normalized spacial score (nSPS) is 10.6. The van der Waals surface area contributed by atoms with Gasteiger partial charge in [-0.1, -0.05) is 13.0 Å². The van der Waals surface area contributed by atoms with Gasteiger partial charge in [-0.05, 0) is 36.4 Å². The Kier molecular flexibility index (Phi) is 4.52. The van der Waals surface area contributed by atoms with Crippen molar-refractivity contribution in [2.24, 2.45) is 0 Å². The summed E-state index contributed by atoms with van der Waals surface area (Å²) in [4.78, 5) is 8.41. The lowest BCUT2D eigenvalue weighted by molar-refractivity contribution is 0.673. The van der Waals surface area contributed by atoms with Crippen molar-refractivity contribution in [3.05, 3.63) is 30.2 Å². The Bertz CT molecular complexity index is 426. The Morgan fingerprint density at radius 1 is 1.35 bits per heavy atom. The van der Waals surface area contributed by atoms with Crippen molar-refractivity contribution in [2.45, 2.75) is 30.1 Å². The van der Waals surface area contributed by atoms with Gasteiger partial charge in [-0.3, -0.25) is 5.10 Å². The van der Waals surface area contributed by atoms with Gasteiger partial charge in [-0.25, -0.2) is 9.97 Å². The molecule has 0 saturated carbocycles. The van der Waals surface area contributed by atoms with Crippen LogP contribution in [0.25, 0.3) is 0 Å². The van der Waals surface area contributed by atoms with E-state index in [0.717, 1.165) is 29.7 Å². The molecule has 2 aromatic rings. The Labute approximate surface area is 104 Å². The summed E-state index contributed by atoms with van der Waals surface area (Å²) in [6.45, 7) is 4.06. The summed E-state index contributed by atoms with van der Waals surface area (Å²) >= 11 is 1.47. The molecule has 90 valence electrons. The summed E-state index contributed by atoms with van der Waals surface area (Å²) in [5, 5.41) is 11.6. The highest BCUT2D eigenvalue weighted by Crippen LogP contribution is 2.21. The zero-order valence-electron chi connectivity index (χ0n) is 9.68. The molecular weight excluding hydrogens is 234 g/mol. The van der Waals surface area contributed by atoms with E-state index in [1.54, 1.807) is 0 Å². The minimum absolute atomic E-state index is 0.759. The Hall–Kier alpha value is -1.40. The van der Waals surface area contributed by atoms with E-state index in [4.69, 9.17) is 0 Å². The molecule has 0 aliphatic carbocycles. The third-order valence-corrected chi connectivity index (χ3v) is 2.99. The van der Waals surface area contributed by atoms with Gasteiger partial charge in [0.25, 0.3) is 0 Å². The molecule has 0 saturated heterocycles. The van der Waals surface area contributed by atoms with Crippen LogP contribution in [0.4, 0.5) is 0 Å². The van der Waals surface area contributed by atoms with E-state index in [-0.39, 0.29) is 0 Å². The molecule has 0 unspecified atom stereocenters. The molecule has 0 bridgehead atoms. The molecule has 2 aromatic heterocycles. The lowest BCUT2D eigenvalue weighted by atomic mass is 10.3. The molecule has 0 aliphatic heterocycles. The summed E-state index contributed by atoms with van der Waals surface area (Å²) in [7, 11) is 0. The molecule has 0 aromatic carbocycles. The van der Waals surface area contributed by atoms with E-state index >= 15 is 0 Å². The predicted octanol–water partition coefficient (Wildman–Crippen LogP) is 1.85. The van der Waals surface area contributed by atoms with Gasteiger partial charge in [0, 0.05) is 12.7 Å². The monoisotopic (exact) mass is 249 g/mol. The SMILES string of the molecule is CCCNCc1ccc(Sc2ncn[nH]2)nc1. The molecule has 0 atom stereocenters. The maximum Gasteiger partial charge on any atom is 0.189 e. The molecule has 2 rings (SSSR count). The third kappa shape index (κ3) is 3.83. The first-order valence-corrected chi connectivity index (χ1v) is 6.39. The van der Waals surface area contributed by atoms with E-state index in [2.05, 4.69) is 38.5 Å². The number of rotatable bonds is 6. The molecule has 6 heteroatoms. The Morgan fingerprint density at radius 2 is 2.29 bits per heavy atom. The van der Waals surface area contributed by atoms with Gasteiger partial charge in [-0.15, -0.1) is 0 Å². The fourth-order valence-corrected chi connectivity index (χ4v) is 1.97. The summed E-state index contributed by atoms with van der Waals surface area (Å²) in [6, 6.07) is 4.07. The lowest BCUT2D eigenvalue weighted by Gasteiger charge is -2.03. The van der Waals surface area contributed by atoms with E-state index < -0.39 is 0 Å². The number of nitrogens with zero attached hydrogens (tertiary/aromatic N) is 3. The molecule has 0 fully saturated rings. The number of nitrogens with one attached hydrogen (secondary N) is 2. The van der Waals surface area contributed by atoms with Gasteiger partial charge < -0.3 is 5.32 Å². The van der Waals surface area contributed by atoms with E-state index in [0.29, 0.717) is 0 Å². The second-order valence-electron chi connectivity index (χ2n) is 3.57. The van der Waals surface area contributed by atoms with Crippen LogP contribution in [-0.4, -0.2) is 26.7 Å². The zero-order chi connectivity index (χ0) is 11.9. The number of aromatic amines is 1. The summed E-state index contributed by atoms with van der Waals surface area (Å²) in [5.74, 6) is 0. The molecular formula is C11H15N5S. The zero-order valence-corrected chi connectivity index (χ0v) is 10.5. The molecule has 0 radical (unpaired) electrons. The third-order valence-electron chi connectivity index (χ3n) is 2.15. The van der Waals surface area contributed by atoms with Crippen molar-refractivity contribution < 1.29 is 0 Å². The van der Waals surface area contributed by atoms with Crippen molar-refractivity contribution in [3.63, 3.8) is 0 Å². The highest BCUT2D eigenvalue weighted by Gasteiger charge is 2.01. The Morgan fingerprint density at radius 3 is 2.94 bits per heavy atom. The van der Waals surface area contributed by atoms with Crippen LogP contribution in [0, 0.1) is 0 Å². The predicted molar refractivity (Wildman–Crippen MR) is 66.7 cm³/mol. The molecule has 2 heterocycles. The average Bonchev–Trinajstić information content (AvgIpc) is 2.85. The van der Waals surface area contributed by atoms with Gasteiger partial charge in [0.1, 0.15) is 11.4 Å². The van der Waals surface area contributed by atoms with Crippen molar-refractivity contribution in [3.8, 4) is 0 Å². The smallest absolute Gasteiger partial charge is 0.189 e. The minimum Gasteiger partial charge on any atom is -0.313 e. The van der Waals surface area contributed by atoms with Gasteiger partial charge in [0.2, 0.25) is 0 Å². The van der Waals surface area contributed by atoms with Crippen molar-refractivity contribution in [1.29, 1.82) is 0 Å². The van der Waals surface area contributed by atoms with Crippen LogP contribution < -0.4 is 5.32 Å². The first-order valence-electron chi connectivity index (χ1n) is 5.57. The highest BCUT2D eigenvalue weighted by atomic mass is 32.2. The molecule has 0 aliphatic rings. The van der Waals surface area contributed by atoms with E-state index in [1.165, 1.54) is 23.7 Å². The molecule has 17 heavy (non-hydrogen) atoms. The van der Waals surface area contributed by atoms with Crippen LogP contribution in [0.3, 0.4) is 0 Å². The number of aromatic nitrogens is 4. The maximum atomic E-state index is 4.37. The lowest BCUT2D eigenvalue weighted by Crippen LogP contribution is -2.13. The first kappa shape index (κ1) is 12.1. The fourth-order valence-electron chi connectivity index (χ4n) is 1.33. The summed E-state index contributed by atoms with van der Waals surface area (Å²) < 4.78 is 0. The van der Waals surface area contributed by atoms with Gasteiger partial charge in [-0.2, -0.15) is 5.10 Å². The average molecular weight is 249 g/mol. The van der Waals surface area contributed by atoms with Gasteiger partial charge in [0.15, 0.2) is 5.16 Å². The highest BCUT2D eigenvalue weighted by molar-refractivity contribution is 7.99. The van der Waals surface area contributed by atoms with Crippen LogP contribution >= 0.6 is 11.8 Å². The molecule has 2 N–H and O–H groups in total. The maximum absolute atomic E-state index is 4.37. The second kappa shape index (κ2) is 6.36. The summed E-state index contributed by atoms with van der Waals surface area (Å²) in [6.07, 6.45) is 4.53. The standard InChI is InChI=1S/C11H15N5S/c1-2-5-12-6-9-3-4-10(13-7-9)17-11-14-8-15-16-11/h3-4,7-8,12H,2,5-6H2,1H3,(H,14,15,16). The second-order valence-corrected chi connectivity index (χ2v) is 4.58. The van der Waals surface area contributed by atoms with Gasteiger partial charge in [0.05, 0.1) is 0 Å². The van der Waals surface area contributed by atoms with E-state index in [9.17, 15) is 0 Å². The topological polar surface area (TPSA) is 66.5 Å².